The van der Waals surface area contributed by atoms with Crippen molar-refractivity contribution in [2.24, 2.45) is 0 Å². The van der Waals surface area contributed by atoms with Gasteiger partial charge in [0.15, 0.2) is 0 Å². The maximum Gasteiger partial charge on any atom is 0.241 e. The normalized spacial score (nSPS) is 16.7. The fourth-order valence-electron chi connectivity index (χ4n) is 0.776. The first-order valence-corrected chi connectivity index (χ1v) is 2.77. The molecule has 0 aliphatic heterocycles. The molecule has 0 atom stereocenters. The Morgan fingerprint density at radius 3 is 1.45 bits per heavy atom. The lowest BCUT2D eigenvalue weighted by Crippen LogP contribution is -2.07. The van der Waals surface area contributed by atoms with Crippen molar-refractivity contribution < 1.29 is 19.2 Å². The number of hydrogen-bond acceptors (Lipinski definition) is 4. The summed E-state index contributed by atoms with van der Waals surface area (Å²) in [5, 5.41) is 0. The first-order valence-electron chi connectivity index (χ1n) is 2.77. The molecular weight excluding hydrogens is 148 g/mol. The van der Waals surface area contributed by atoms with Gasteiger partial charge in [0.2, 0.25) is 11.6 Å². The highest BCUT2D eigenvalue weighted by Crippen LogP contribution is 2.18. The third kappa shape index (κ3) is 0.964. The zero-order chi connectivity index (χ0) is 8.43. The number of ketones is 2. The second-order valence-corrected chi connectivity index (χ2v) is 2.00. The fourth-order valence-corrected chi connectivity index (χ4v) is 0.776. The predicted molar refractivity (Wildman–Crippen MR) is 33.0 cm³/mol. The molecule has 0 heterocycles. The molecule has 1 fully saturated rings. The van der Waals surface area contributed by atoms with Crippen molar-refractivity contribution in [2.45, 2.75) is 6.42 Å². The fraction of sp³-hybridized carbons (Fsp3) is 0.143. The van der Waals surface area contributed by atoms with E-state index in [4.69, 9.17) is 0 Å². The summed E-state index contributed by atoms with van der Waals surface area (Å²) in [4.78, 5) is 41.2. The molecule has 1 aliphatic carbocycles. The minimum absolute atomic E-state index is 0.218. The van der Waals surface area contributed by atoms with E-state index in [1.807, 2.05) is 0 Å². The molecule has 54 valence electrons. The van der Waals surface area contributed by atoms with Crippen molar-refractivity contribution in [3.63, 3.8) is 0 Å². The summed E-state index contributed by atoms with van der Waals surface area (Å²) < 4.78 is 0. The van der Waals surface area contributed by atoms with Crippen molar-refractivity contribution in [2.75, 3.05) is 0 Å². The number of carbonyl (C=O) groups excluding carboxylic acids is 4. The van der Waals surface area contributed by atoms with Gasteiger partial charge in [-0.25, -0.2) is 9.59 Å². The lowest BCUT2D eigenvalue weighted by Gasteiger charge is -1.75. The molecule has 0 unspecified atom stereocenters. The highest BCUT2D eigenvalue weighted by atomic mass is 16.2. The Bertz CT molecular complexity index is 303. The van der Waals surface area contributed by atoms with Crippen molar-refractivity contribution in [1.82, 2.24) is 0 Å². The number of allylic oxidation sites excluding steroid dienone is 2. The molecule has 11 heavy (non-hydrogen) atoms. The van der Waals surface area contributed by atoms with Gasteiger partial charge < -0.3 is 0 Å². The van der Waals surface area contributed by atoms with Gasteiger partial charge in [0.25, 0.3) is 0 Å². The van der Waals surface area contributed by atoms with E-state index in [2.05, 4.69) is 0 Å². The minimum Gasteiger partial charge on any atom is -0.284 e. The molecule has 0 amide bonds. The van der Waals surface area contributed by atoms with E-state index in [1.54, 1.807) is 0 Å². The van der Waals surface area contributed by atoms with Gasteiger partial charge in [0.1, 0.15) is 11.9 Å². The summed E-state index contributed by atoms with van der Waals surface area (Å²) in [5.41, 5.74) is -0.568. The van der Waals surface area contributed by atoms with Gasteiger partial charge >= 0.3 is 0 Å². The van der Waals surface area contributed by atoms with Gasteiger partial charge in [-0.1, -0.05) is 0 Å². The van der Waals surface area contributed by atoms with Crippen LogP contribution in [0.5, 0.6) is 0 Å². The SMILES string of the molecule is O=C=C1CC(=C=O)C(=O)C1=O. The highest BCUT2D eigenvalue weighted by molar-refractivity contribution is 6.54. The molecule has 0 saturated heterocycles. The van der Waals surface area contributed by atoms with Gasteiger partial charge in [0, 0.05) is 6.42 Å². The van der Waals surface area contributed by atoms with Crippen LogP contribution in [0.4, 0.5) is 0 Å². The molecule has 0 spiro atoms. The predicted octanol–water partition coefficient (Wildman–Crippen LogP) is -0.956. The van der Waals surface area contributed by atoms with E-state index < -0.39 is 11.6 Å². The number of hydrogen-bond donors (Lipinski definition) is 0. The Balaban J connectivity index is 3.25. The molecular formula is C7H2O4. The molecule has 0 N–H and O–H groups in total. The van der Waals surface area contributed by atoms with Crippen LogP contribution in [0.1, 0.15) is 6.42 Å². The van der Waals surface area contributed by atoms with E-state index in [1.165, 1.54) is 11.9 Å². The number of rotatable bonds is 0. The Hall–Kier alpha value is -1.76. The van der Waals surface area contributed by atoms with Crippen molar-refractivity contribution >= 4 is 23.4 Å². The average Bonchev–Trinajstić information content (AvgIpc) is 2.30. The zero-order valence-corrected chi connectivity index (χ0v) is 5.34. The first-order chi connectivity index (χ1) is 5.20. The molecule has 1 aliphatic rings. The lowest BCUT2D eigenvalue weighted by atomic mass is 10.2. The Morgan fingerprint density at radius 1 is 0.909 bits per heavy atom. The van der Waals surface area contributed by atoms with Crippen LogP contribution in [0, 0.1) is 0 Å². The maximum absolute atomic E-state index is 10.7. The minimum atomic E-state index is -0.932. The van der Waals surface area contributed by atoms with Crippen LogP contribution in [0.2, 0.25) is 0 Å². The van der Waals surface area contributed by atoms with Gasteiger partial charge in [-0.2, -0.15) is 0 Å². The zero-order valence-electron chi connectivity index (χ0n) is 5.34. The molecule has 1 rings (SSSR count). The molecule has 0 aromatic heterocycles. The maximum atomic E-state index is 10.7. The molecule has 1 saturated carbocycles. The Morgan fingerprint density at radius 2 is 1.27 bits per heavy atom. The Labute approximate surface area is 61.2 Å². The van der Waals surface area contributed by atoms with Crippen LogP contribution in [-0.2, 0) is 19.2 Å². The lowest BCUT2D eigenvalue weighted by molar-refractivity contribution is -0.130. The smallest absolute Gasteiger partial charge is 0.241 e. The van der Waals surface area contributed by atoms with E-state index in [9.17, 15) is 19.2 Å². The van der Waals surface area contributed by atoms with Crippen LogP contribution in [0.25, 0.3) is 0 Å². The van der Waals surface area contributed by atoms with Gasteiger partial charge in [-0.05, 0) is 0 Å². The van der Waals surface area contributed by atoms with Crippen LogP contribution < -0.4 is 0 Å². The standard InChI is InChI=1S/C7H2O4/c8-2-4-1-5(3-9)7(11)6(4)10/h1H2. The van der Waals surface area contributed by atoms with Gasteiger partial charge in [-0.3, -0.25) is 9.59 Å². The second kappa shape index (κ2) is 2.46. The van der Waals surface area contributed by atoms with Crippen molar-refractivity contribution in [1.29, 1.82) is 0 Å². The summed E-state index contributed by atoms with van der Waals surface area (Å²) in [6, 6.07) is 0. The highest BCUT2D eigenvalue weighted by Gasteiger charge is 2.33. The average molecular weight is 150 g/mol. The van der Waals surface area contributed by atoms with E-state index in [0.717, 1.165) is 0 Å². The summed E-state index contributed by atoms with van der Waals surface area (Å²) in [5.74, 6) is 0.746. The molecule has 4 heteroatoms. The van der Waals surface area contributed by atoms with Crippen LogP contribution in [-0.4, -0.2) is 23.4 Å². The number of Topliss-reactive ketones (excluding diaryl/α,β-unsaturated/α-hetero) is 2. The third-order valence-corrected chi connectivity index (χ3v) is 1.35. The molecule has 0 radical (unpaired) electrons. The summed E-state index contributed by atoms with van der Waals surface area (Å²) in [7, 11) is 0. The summed E-state index contributed by atoms with van der Waals surface area (Å²) in [6.45, 7) is 0. The second-order valence-electron chi connectivity index (χ2n) is 2.00. The van der Waals surface area contributed by atoms with Crippen molar-refractivity contribution in [3.8, 4) is 0 Å². The quantitative estimate of drug-likeness (QED) is 0.253. The summed E-state index contributed by atoms with van der Waals surface area (Å²) in [6.07, 6.45) is -0.218. The third-order valence-electron chi connectivity index (χ3n) is 1.35. The van der Waals surface area contributed by atoms with Crippen molar-refractivity contribution in [3.05, 3.63) is 11.1 Å². The van der Waals surface area contributed by atoms with E-state index in [0.29, 0.717) is 0 Å². The molecule has 0 aromatic rings. The topological polar surface area (TPSA) is 68.3 Å². The molecule has 4 nitrogen and oxygen atoms in total. The molecule has 0 aromatic carbocycles. The largest absolute Gasteiger partial charge is 0.284 e. The van der Waals surface area contributed by atoms with Crippen LogP contribution in [0.15, 0.2) is 11.1 Å². The van der Waals surface area contributed by atoms with Gasteiger partial charge in [-0.15, -0.1) is 0 Å². The number of carbonyl (C=O) groups is 2. The Kier molecular flexibility index (Phi) is 1.65. The first kappa shape index (κ1) is 7.35. The van der Waals surface area contributed by atoms with Gasteiger partial charge in [0.05, 0.1) is 11.1 Å². The van der Waals surface area contributed by atoms with Crippen LogP contribution >= 0.6 is 0 Å². The molecule has 0 bridgehead atoms. The summed E-state index contributed by atoms with van der Waals surface area (Å²) >= 11 is 0. The van der Waals surface area contributed by atoms with Crippen LogP contribution in [0.3, 0.4) is 0 Å². The van der Waals surface area contributed by atoms with E-state index >= 15 is 0 Å². The van der Waals surface area contributed by atoms with E-state index in [-0.39, 0.29) is 17.6 Å². The monoisotopic (exact) mass is 150 g/mol.